The Morgan fingerprint density at radius 3 is 2.65 bits per heavy atom. The molecule has 3 aromatic heterocycles. The van der Waals surface area contributed by atoms with Gasteiger partial charge in [0.2, 0.25) is 0 Å². The quantitative estimate of drug-likeness (QED) is 0.740. The van der Waals surface area contributed by atoms with Gasteiger partial charge in [0.1, 0.15) is 5.65 Å². The van der Waals surface area contributed by atoms with Crippen LogP contribution in [0.4, 0.5) is 0 Å². The third-order valence-electron chi connectivity index (χ3n) is 5.42. The predicted molar refractivity (Wildman–Crippen MR) is 102 cm³/mol. The van der Waals surface area contributed by atoms with Crippen LogP contribution in [-0.2, 0) is 16.3 Å². The zero-order valence-electron chi connectivity index (χ0n) is 14.9. The summed E-state index contributed by atoms with van der Waals surface area (Å²) in [4.78, 5) is 12.6. The molecule has 0 aromatic carbocycles. The van der Waals surface area contributed by atoms with Gasteiger partial charge in [-0.3, -0.25) is 4.98 Å². The summed E-state index contributed by atoms with van der Waals surface area (Å²) in [6.07, 6.45) is 10.3. The molecule has 6 heteroatoms. The SMILES string of the molecule is CS(=O)(=O)c1ccc(C(Cc2cc3cccnc3[nH]2)C2CCCC2)nc1. The summed E-state index contributed by atoms with van der Waals surface area (Å²) in [5.74, 6) is 0.880. The maximum absolute atomic E-state index is 11.7. The van der Waals surface area contributed by atoms with Crippen LogP contribution in [0.5, 0.6) is 0 Å². The molecule has 1 unspecified atom stereocenters. The van der Waals surface area contributed by atoms with Crippen molar-refractivity contribution < 1.29 is 8.42 Å². The van der Waals surface area contributed by atoms with E-state index >= 15 is 0 Å². The average molecular weight is 369 g/mol. The van der Waals surface area contributed by atoms with Gasteiger partial charge in [-0.15, -0.1) is 0 Å². The second-order valence-corrected chi connectivity index (χ2v) is 9.30. The second kappa shape index (κ2) is 6.83. The molecule has 3 heterocycles. The van der Waals surface area contributed by atoms with Crippen LogP contribution in [0, 0.1) is 5.92 Å². The Balaban J connectivity index is 1.65. The Morgan fingerprint density at radius 1 is 1.19 bits per heavy atom. The molecule has 0 spiro atoms. The molecule has 1 saturated carbocycles. The van der Waals surface area contributed by atoms with Crippen LogP contribution in [0.15, 0.2) is 47.6 Å². The van der Waals surface area contributed by atoms with Crippen molar-refractivity contribution in [2.24, 2.45) is 5.92 Å². The van der Waals surface area contributed by atoms with Crippen LogP contribution >= 0.6 is 0 Å². The first kappa shape index (κ1) is 17.2. The van der Waals surface area contributed by atoms with Crippen LogP contribution in [0.1, 0.15) is 43.0 Å². The number of hydrogen-bond donors (Lipinski definition) is 1. The zero-order chi connectivity index (χ0) is 18.1. The molecule has 0 radical (unpaired) electrons. The fourth-order valence-corrected chi connectivity index (χ4v) is 4.62. The predicted octanol–water partition coefficient (Wildman–Crippen LogP) is 3.88. The lowest BCUT2D eigenvalue weighted by Gasteiger charge is -2.22. The number of aromatic nitrogens is 3. The number of pyridine rings is 2. The Kier molecular flexibility index (Phi) is 4.53. The van der Waals surface area contributed by atoms with E-state index in [2.05, 4.69) is 27.1 Å². The Labute approximate surface area is 153 Å². The molecule has 26 heavy (non-hydrogen) atoms. The minimum absolute atomic E-state index is 0.279. The molecule has 0 amide bonds. The maximum Gasteiger partial charge on any atom is 0.177 e. The van der Waals surface area contributed by atoms with Crippen LogP contribution in [-0.4, -0.2) is 29.6 Å². The van der Waals surface area contributed by atoms with Gasteiger partial charge in [-0.2, -0.15) is 0 Å². The molecule has 1 aliphatic rings. The summed E-state index contributed by atoms with van der Waals surface area (Å²) in [7, 11) is -3.22. The van der Waals surface area contributed by atoms with Gasteiger partial charge < -0.3 is 4.98 Å². The second-order valence-electron chi connectivity index (χ2n) is 7.28. The van der Waals surface area contributed by atoms with Crippen molar-refractivity contribution in [3.05, 3.63) is 54.1 Å². The number of fused-ring (bicyclic) bond motifs is 1. The van der Waals surface area contributed by atoms with Crippen molar-refractivity contribution in [2.75, 3.05) is 6.26 Å². The van der Waals surface area contributed by atoms with Gasteiger partial charge in [0.15, 0.2) is 9.84 Å². The number of hydrogen-bond acceptors (Lipinski definition) is 4. The van der Waals surface area contributed by atoms with Gasteiger partial charge in [-0.1, -0.05) is 12.8 Å². The highest BCUT2D eigenvalue weighted by Crippen LogP contribution is 2.39. The van der Waals surface area contributed by atoms with E-state index in [0.717, 1.165) is 28.8 Å². The molecule has 0 aliphatic heterocycles. The molecular weight excluding hydrogens is 346 g/mol. The summed E-state index contributed by atoms with van der Waals surface area (Å²) in [5, 5.41) is 1.12. The number of H-pyrrole nitrogens is 1. The van der Waals surface area contributed by atoms with E-state index in [0.29, 0.717) is 11.8 Å². The lowest BCUT2D eigenvalue weighted by Crippen LogP contribution is -2.15. The standard InChI is InChI=1S/C20H23N3O2S/c1-26(24,25)17-8-9-19(22-13-17)18(14-5-2-3-6-14)12-16-11-15-7-4-10-21-20(15)23-16/h4,7-11,13-14,18H,2-3,5-6,12H2,1H3,(H,21,23). The van der Waals surface area contributed by atoms with Crippen molar-refractivity contribution in [2.45, 2.75) is 42.9 Å². The summed E-state index contributed by atoms with van der Waals surface area (Å²) in [6.45, 7) is 0. The van der Waals surface area contributed by atoms with Crippen molar-refractivity contribution in [3.8, 4) is 0 Å². The lowest BCUT2D eigenvalue weighted by atomic mass is 9.84. The summed E-state index contributed by atoms with van der Waals surface area (Å²) in [6, 6.07) is 9.74. The van der Waals surface area contributed by atoms with E-state index in [-0.39, 0.29) is 4.90 Å². The smallest absolute Gasteiger partial charge is 0.177 e. The number of rotatable bonds is 5. The molecule has 1 atom stereocenters. The molecule has 1 fully saturated rings. The van der Waals surface area contributed by atoms with Crippen LogP contribution < -0.4 is 0 Å². The van der Waals surface area contributed by atoms with E-state index in [1.807, 2.05) is 12.1 Å². The molecule has 136 valence electrons. The van der Waals surface area contributed by atoms with E-state index in [1.165, 1.54) is 38.1 Å². The van der Waals surface area contributed by atoms with Crippen molar-refractivity contribution in [1.82, 2.24) is 15.0 Å². The fourth-order valence-electron chi connectivity index (χ4n) is 4.06. The average Bonchev–Trinajstić information content (AvgIpc) is 3.28. The summed E-state index contributed by atoms with van der Waals surface area (Å²) < 4.78 is 23.4. The van der Waals surface area contributed by atoms with Gasteiger partial charge >= 0.3 is 0 Å². The number of nitrogens with zero attached hydrogens (tertiary/aromatic N) is 2. The normalized spacial score (nSPS) is 17.0. The molecular formula is C20H23N3O2S. The highest BCUT2D eigenvalue weighted by atomic mass is 32.2. The van der Waals surface area contributed by atoms with Gasteiger partial charge in [-0.05, 0) is 55.5 Å². The van der Waals surface area contributed by atoms with Crippen molar-refractivity contribution in [1.29, 1.82) is 0 Å². The fraction of sp³-hybridized carbons (Fsp3) is 0.400. The molecule has 4 rings (SSSR count). The monoisotopic (exact) mass is 369 g/mol. The van der Waals surface area contributed by atoms with Crippen molar-refractivity contribution >= 4 is 20.9 Å². The van der Waals surface area contributed by atoms with Gasteiger partial charge in [0, 0.05) is 41.3 Å². The first-order chi connectivity index (χ1) is 12.5. The Bertz CT molecular complexity index is 970. The summed E-state index contributed by atoms with van der Waals surface area (Å²) >= 11 is 0. The summed E-state index contributed by atoms with van der Waals surface area (Å²) in [5.41, 5.74) is 3.05. The van der Waals surface area contributed by atoms with E-state index in [1.54, 1.807) is 12.3 Å². The maximum atomic E-state index is 11.7. The first-order valence-electron chi connectivity index (χ1n) is 9.09. The van der Waals surface area contributed by atoms with E-state index in [4.69, 9.17) is 0 Å². The minimum atomic E-state index is -3.22. The first-order valence-corrected chi connectivity index (χ1v) is 11.0. The highest BCUT2D eigenvalue weighted by molar-refractivity contribution is 7.90. The van der Waals surface area contributed by atoms with Gasteiger partial charge in [-0.25, -0.2) is 13.4 Å². The minimum Gasteiger partial charge on any atom is -0.343 e. The van der Waals surface area contributed by atoms with E-state index in [9.17, 15) is 8.42 Å². The highest BCUT2D eigenvalue weighted by Gasteiger charge is 2.28. The molecule has 1 N–H and O–H groups in total. The third-order valence-corrected chi connectivity index (χ3v) is 6.52. The third kappa shape index (κ3) is 3.51. The largest absolute Gasteiger partial charge is 0.343 e. The Hall–Kier alpha value is -2.21. The van der Waals surface area contributed by atoms with Gasteiger partial charge in [0.25, 0.3) is 0 Å². The molecule has 3 aromatic rings. The Morgan fingerprint density at radius 2 is 2.00 bits per heavy atom. The molecule has 0 bridgehead atoms. The van der Waals surface area contributed by atoms with Gasteiger partial charge in [0.05, 0.1) is 4.90 Å². The van der Waals surface area contributed by atoms with Crippen LogP contribution in [0.25, 0.3) is 11.0 Å². The lowest BCUT2D eigenvalue weighted by molar-refractivity contribution is 0.421. The van der Waals surface area contributed by atoms with Crippen molar-refractivity contribution in [3.63, 3.8) is 0 Å². The number of aromatic amines is 1. The topological polar surface area (TPSA) is 75.7 Å². The zero-order valence-corrected chi connectivity index (χ0v) is 15.7. The van der Waals surface area contributed by atoms with E-state index < -0.39 is 9.84 Å². The molecule has 5 nitrogen and oxygen atoms in total. The molecule has 1 aliphatic carbocycles. The number of sulfone groups is 1. The molecule has 0 saturated heterocycles. The van der Waals surface area contributed by atoms with Crippen LogP contribution in [0.2, 0.25) is 0 Å². The van der Waals surface area contributed by atoms with Crippen LogP contribution in [0.3, 0.4) is 0 Å². The number of nitrogens with one attached hydrogen (secondary N) is 1.